The maximum atomic E-state index is 12.2. The highest BCUT2D eigenvalue weighted by Crippen LogP contribution is 2.20. The van der Waals surface area contributed by atoms with Gasteiger partial charge in [-0.15, -0.1) is 0 Å². The van der Waals surface area contributed by atoms with Crippen LogP contribution >= 0.6 is 0 Å². The van der Waals surface area contributed by atoms with E-state index >= 15 is 0 Å². The molecule has 0 aliphatic carbocycles. The Labute approximate surface area is 172 Å². The lowest BCUT2D eigenvalue weighted by atomic mass is 10.2. The average molecular weight is 396 g/mol. The molecule has 0 spiro atoms. The Morgan fingerprint density at radius 3 is 2.07 bits per heavy atom. The lowest BCUT2D eigenvalue weighted by Crippen LogP contribution is -2.08. The first-order chi connectivity index (χ1) is 14.1. The van der Waals surface area contributed by atoms with Crippen LogP contribution in [0.3, 0.4) is 0 Å². The highest BCUT2D eigenvalue weighted by Gasteiger charge is 2.09. The molecule has 154 valence electrons. The summed E-state index contributed by atoms with van der Waals surface area (Å²) in [5, 5.41) is 0. The van der Waals surface area contributed by atoms with Crippen LogP contribution in [-0.2, 0) is 4.74 Å². The minimum Gasteiger partial charge on any atom is -0.497 e. The number of carbonyl (C=O) groups is 1. The Morgan fingerprint density at radius 1 is 0.862 bits per heavy atom. The molecule has 29 heavy (non-hydrogen) atoms. The second-order valence-electron chi connectivity index (χ2n) is 6.37. The van der Waals surface area contributed by atoms with Crippen molar-refractivity contribution in [2.45, 2.75) is 25.7 Å². The van der Waals surface area contributed by atoms with E-state index in [9.17, 15) is 4.79 Å². The number of methoxy groups -OCH3 is 1. The molecule has 0 N–H and O–H groups in total. The van der Waals surface area contributed by atoms with E-state index in [2.05, 4.69) is 13.2 Å². The van der Waals surface area contributed by atoms with E-state index in [0.29, 0.717) is 36.0 Å². The van der Waals surface area contributed by atoms with Crippen molar-refractivity contribution in [1.29, 1.82) is 0 Å². The van der Waals surface area contributed by atoms with Gasteiger partial charge in [-0.05, 0) is 80.3 Å². The number of unbranched alkanes of at least 4 members (excludes halogenated alkanes) is 3. The third-order valence-corrected chi connectivity index (χ3v) is 4.18. The number of allylic oxidation sites excluding steroid dienone is 1. The minimum absolute atomic E-state index is 0.415. The number of hydrogen-bond donors (Lipinski definition) is 0. The molecule has 0 radical (unpaired) electrons. The lowest BCUT2D eigenvalue weighted by molar-refractivity contribution is 0.0734. The van der Waals surface area contributed by atoms with Gasteiger partial charge >= 0.3 is 5.97 Å². The number of rotatable bonds is 13. The van der Waals surface area contributed by atoms with E-state index in [1.807, 2.05) is 0 Å². The number of benzene rings is 2. The highest BCUT2D eigenvalue weighted by molar-refractivity contribution is 5.91. The first kappa shape index (κ1) is 22.1. The van der Waals surface area contributed by atoms with Crippen molar-refractivity contribution < 1.29 is 23.7 Å². The summed E-state index contributed by atoms with van der Waals surface area (Å²) in [6.45, 7) is 8.62. The molecule has 0 bridgehead atoms. The van der Waals surface area contributed by atoms with Crippen LogP contribution in [0, 0.1) is 0 Å². The van der Waals surface area contributed by atoms with Crippen molar-refractivity contribution in [1.82, 2.24) is 0 Å². The van der Waals surface area contributed by atoms with Gasteiger partial charge in [0.2, 0.25) is 0 Å². The van der Waals surface area contributed by atoms with E-state index in [0.717, 1.165) is 31.4 Å². The van der Waals surface area contributed by atoms with Crippen LogP contribution < -0.4 is 14.2 Å². The molecule has 2 aromatic rings. The second-order valence-corrected chi connectivity index (χ2v) is 6.37. The molecular formula is C24H28O5. The molecule has 0 aliphatic heterocycles. The average Bonchev–Trinajstić information content (AvgIpc) is 2.76. The predicted octanol–water partition coefficient (Wildman–Crippen LogP) is 5.57. The van der Waals surface area contributed by atoms with E-state index in [1.54, 1.807) is 61.7 Å². The van der Waals surface area contributed by atoms with Gasteiger partial charge in [0, 0.05) is 0 Å². The number of ether oxygens (including phenoxy) is 4. The molecule has 0 aromatic heterocycles. The topological polar surface area (TPSA) is 54.0 Å². The molecule has 0 saturated carbocycles. The summed E-state index contributed by atoms with van der Waals surface area (Å²) < 4.78 is 21.5. The van der Waals surface area contributed by atoms with Gasteiger partial charge in [0.15, 0.2) is 0 Å². The molecule has 0 unspecified atom stereocenters. The quantitative estimate of drug-likeness (QED) is 0.146. The second kappa shape index (κ2) is 12.3. The Bertz CT molecular complexity index is 778. The molecule has 5 nitrogen and oxygen atoms in total. The van der Waals surface area contributed by atoms with E-state index in [1.165, 1.54) is 0 Å². The molecule has 0 saturated heterocycles. The van der Waals surface area contributed by atoms with Gasteiger partial charge in [0.1, 0.15) is 23.0 Å². The maximum Gasteiger partial charge on any atom is 0.343 e. The summed E-state index contributed by atoms with van der Waals surface area (Å²) >= 11 is 0. The fraction of sp³-hybridized carbons (Fsp3) is 0.292. The standard InChI is InChI=1S/C24H28O5/c1-4-19(2)27-17-7-5-6-8-18-28-22-13-15-23(16-14-22)29-24(25)20-9-11-21(26-3)12-10-20/h4,9-16H,1-2,5-8,17-18H2,3H3. The van der Waals surface area contributed by atoms with Crippen LogP contribution in [0.25, 0.3) is 0 Å². The number of esters is 1. The number of carbonyl (C=O) groups excluding carboxylic acids is 1. The SMILES string of the molecule is C=CC(=C)OCCCCCCOc1ccc(OC(=O)c2ccc(OC)cc2)cc1. The van der Waals surface area contributed by atoms with E-state index < -0.39 is 5.97 Å². The van der Waals surface area contributed by atoms with Crippen molar-refractivity contribution in [2.75, 3.05) is 20.3 Å². The molecule has 2 aromatic carbocycles. The smallest absolute Gasteiger partial charge is 0.343 e. The zero-order chi connectivity index (χ0) is 20.9. The molecule has 0 atom stereocenters. The first-order valence-corrected chi connectivity index (χ1v) is 9.65. The monoisotopic (exact) mass is 396 g/mol. The third kappa shape index (κ3) is 8.13. The fourth-order valence-electron chi connectivity index (χ4n) is 2.51. The predicted molar refractivity (Wildman–Crippen MR) is 114 cm³/mol. The Kier molecular flexibility index (Phi) is 9.36. The zero-order valence-corrected chi connectivity index (χ0v) is 16.9. The largest absolute Gasteiger partial charge is 0.497 e. The van der Waals surface area contributed by atoms with Crippen LogP contribution in [0.1, 0.15) is 36.0 Å². The van der Waals surface area contributed by atoms with Crippen LogP contribution in [-0.4, -0.2) is 26.3 Å². The Morgan fingerprint density at radius 2 is 1.45 bits per heavy atom. The summed E-state index contributed by atoms with van der Waals surface area (Å²) in [5.74, 6) is 2.11. The Balaban J connectivity index is 1.64. The van der Waals surface area contributed by atoms with Gasteiger partial charge in [0.05, 0.1) is 25.9 Å². The Hall–Kier alpha value is -3.21. The summed E-state index contributed by atoms with van der Waals surface area (Å²) in [7, 11) is 1.58. The molecule has 0 aliphatic rings. The molecule has 5 heteroatoms. The van der Waals surface area contributed by atoms with Crippen LogP contribution in [0.2, 0.25) is 0 Å². The molecule has 0 heterocycles. The lowest BCUT2D eigenvalue weighted by Gasteiger charge is -2.08. The van der Waals surface area contributed by atoms with Crippen molar-refractivity contribution >= 4 is 5.97 Å². The van der Waals surface area contributed by atoms with Crippen LogP contribution in [0.5, 0.6) is 17.2 Å². The first-order valence-electron chi connectivity index (χ1n) is 9.65. The van der Waals surface area contributed by atoms with Gasteiger partial charge in [0.25, 0.3) is 0 Å². The third-order valence-electron chi connectivity index (χ3n) is 4.18. The van der Waals surface area contributed by atoms with E-state index in [-0.39, 0.29) is 0 Å². The molecule has 0 amide bonds. The number of hydrogen-bond acceptors (Lipinski definition) is 5. The highest BCUT2D eigenvalue weighted by atomic mass is 16.5. The zero-order valence-electron chi connectivity index (χ0n) is 16.9. The fourth-order valence-corrected chi connectivity index (χ4v) is 2.51. The van der Waals surface area contributed by atoms with Gasteiger partial charge in [-0.25, -0.2) is 4.79 Å². The van der Waals surface area contributed by atoms with Gasteiger partial charge < -0.3 is 18.9 Å². The van der Waals surface area contributed by atoms with Crippen LogP contribution in [0.4, 0.5) is 0 Å². The van der Waals surface area contributed by atoms with Crippen molar-refractivity contribution in [3.63, 3.8) is 0 Å². The van der Waals surface area contributed by atoms with Gasteiger partial charge in [-0.2, -0.15) is 0 Å². The van der Waals surface area contributed by atoms with Crippen LogP contribution in [0.15, 0.2) is 73.5 Å². The maximum absolute atomic E-state index is 12.2. The van der Waals surface area contributed by atoms with Gasteiger partial charge in [-0.3, -0.25) is 0 Å². The van der Waals surface area contributed by atoms with Crippen molar-refractivity contribution in [3.05, 3.63) is 79.1 Å². The summed E-state index contributed by atoms with van der Waals surface area (Å²) in [6, 6.07) is 13.8. The molecule has 0 fully saturated rings. The summed E-state index contributed by atoms with van der Waals surface area (Å²) in [6.07, 6.45) is 5.71. The van der Waals surface area contributed by atoms with Gasteiger partial charge in [-0.1, -0.05) is 13.2 Å². The molecular weight excluding hydrogens is 368 g/mol. The summed E-state index contributed by atoms with van der Waals surface area (Å²) in [5.41, 5.74) is 0.463. The minimum atomic E-state index is -0.415. The summed E-state index contributed by atoms with van der Waals surface area (Å²) in [4.78, 5) is 12.2. The van der Waals surface area contributed by atoms with Crippen molar-refractivity contribution in [3.8, 4) is 17.2 Å². The molecule has 2 rings (SSSR count). The van der Waals surface area contributed by atoms with Crippen molar-refractivity contribution in [2.24, 2.45) is 0 Å². The normalized spacial score (nSPS) is 10.1. The van der Waals surface area contributed by atoms with E-state index in [4.69, 9.17) is 18.9 Å².